The molecule has 1 aliphatic carbocycles. The molecule has 1 fully saturated rings. The minimum atomic E-state index is -4.72. The number of piperazine rings is 1. The second kappa shape index (κ2) is 11.6. The van der Waals surface area contributed by atoms with E-state index in [9.17, 15) is 46.5 Å². The van der Waals surface area contributed by atoms with Crippen LogP contribution < -0.4 is 5.32 Å². The summed E-state index contributed by atoms with van der Waals surface area (Å²) in [5, 5.41) is 22.3. The molecule has 2 heterocycles. The molecule has 1 N–H and O–H groups in total. The van der Waals surface area contributed by atoms with Crippen LogP contribution >= 0.6 is 0 Å². The zero-order chi connectivity index (χ0) is 31.9. The van der Waals surface area contributed by atoms with E-state index in [1.807, 2.05) is 12.1 Å². The zero-order valence-electron chi connectivity index (χ0n) is 23.3. The van der Waals surface area contributed by atoms with Crippen molar-refractivity contribution in [3.8, 4) is 12.1 Å². The molecule has 1 aromatic carbocycles. The summed E-state index contributed by atoms with van der Waals surface area (Å²) in [6.45, 7) is 2.21. The van der Waals surface area contributed by atoms with Crippen molar-refractivity contribution in [2.24, 2.45) is 5.92 Å². The lowest BCUT2D eigenvalue weighted by Crippen LogP contribution is -2.58. The summed E-state index contributed by atoms with van der Waals surface area (Å²) >= 11 is 0. The number of urea groups is 1. The van der Waals surface area contributed by atoms with Crippen molar-refractivity contribution < 1.29 is 36.0 Å². The molecule has 2 unspecified atom stereocenters. The van der Waals surface area contributed by atoms with Crippen molar-refractivity contribution >= 4 is 27.7 Å². The monoisotopic (exact) mass is 616 g/mol. The zero-order valence-corrected chi connectivity index (χ0v) is 24.2. The van der Waals surface area contributed by atoms with Gasteiger partial charge >= 0.3 is 12.2 Å². The van der Waals surface area contributed by atoms with E-state index in [4.69, 9.17) is 0 Å². The third-order valence-corrected chi connectivity index (χ3v) is 8.69. The fourth-order valence-electron chi connectivity index (χ4n) is 5.36. The summed E-state index contributed by atoms with van der Waals surface area (Å²) in [6.07, 6.45) is -0.770. The van der Waals surface area contributed by atoms with E-state index >= 15 is 0 Å². The Balaban J connectivity index is 1.93. The van der Waals surface area contributed by atoms with Crippen LogP contribution in [0.15, 0.2) is 58.2 Å². The van der Waals surface area contributed by atoms with Crippen molar-refractivity contribution in [1.82, 2.24) is 20.0 Å². The summed E-state index contributed by atoms with van der Waals surface area (Å²) in [4.78, 5) is 42.4. The number of amides is 4. The third kappa shape index (κ3) is 6.12. The van der Waals surface area contributed by atoms with Crippen LogP contribution in [0.5, 0.6) is 0 Å². The second-order valence-corrected chi connectivity index (χ2v) is 12.4. The first-order valence-electron chi connectivity index (χ1n) is 13.0. The molecule has 43 heavy (non-hydrogen) atoms. The lowest BCUT2D eigenvalue weighted by atomic mass is 9.88. The first-order valence-corrected chi connectivity index (χ1v) is 14.9. The van der Waals surface area contributed by atoms with Crippen molar-refractivity contribution in [3.05, 3.63) is 64.4 Å². The van der Waals surface area contributed by atoms with Crippen LogP contribution in [0, 0.1) is 28.6 Å². The Hall–Kier alpha value is -4.63. The van der Waals surface area contributed by atoms with E-state index in [2.05, 4.69) is 5.32 Å². The average Bonchev–Trinajstić information content (AvgIpc) is 2.93. The van der Waals surface area contributed by atoms with E-state index in [1.165, 1.54) is 30.0 Å². The summed E-state index contributed by atoms with van der Waals surface area (Å²) in [5.41, 5.74) is -1.28. The third-order valence-electron chi connectivity index (χ3n) is 7.54. The second-order valence-electron chi connectivity index (χ2n) is 10.4. The maximum atomic E-state index is 14.3. The summed E-state index contributed by atoms with van der Waals surface area (Å²) in [6, 6.07) is 3.89. The predicted octanol–water partition coefficient (Wildman–Crippen LogP) is 2.56. The van der Waals surface area contributed by atoms with Gasteiger partial charge in [-0.05, 0) is 36.6 Å². The number of halogens is 3. The summed E-state index contributed by atoms with van der Waals surface area (Å²) < 4.78 is 66.7. The molecule has 15 heteroatoms. The highest BCUT2D eigenvalue weighted by Crippen LogP contribution is 2.42. The topological polar surface area (TPSA) is 155 Å². The average molecular weight is 617 g/mol. The Bertz CT molecular complexity index is 1670. The van der Waals surface area contributed by atoms with Gasteiger partial charge in [0.25, 0.3) is 0 Å². The Morgan fingerprint density at radius 2 is 1.88 bits per heavy atom. The maximum Gasteiger partial charge on any atom is 0.416 e. The van der Waals surface area contributed by atoms with Crippen molar-refractivity contribution in [3.63, 3.8) is 0 Å². The number of benzene rings is 1. The van der Waals surface area contributed by atoms with Crippen LogP contribution in [0.25, 0.3) is 0 Å². The molecular weight excluding hydrogens is 589 g/mol. The van der Waals surface area contributed by atoms with E-state index in [-0.39, 0.29) is 46.9 Å². The molecule has 4 rings (SSSR count). The Labute approximate surface area is 246 Å². The molecular formula is C28H27F3N6O5S. The summed E-state index contributed by atoms with van der Waals surface area (Å²) in [7, 11) is -4.05. The lowest BCUT2D eigenvalue weighted by molar-refractivity contribution is -0.139. The normalized spacial score (nSPS) is 23.0. The number of hydrogen-bond donors (Lipinski definition) is 1. The molecule has 11 nitrogen and oxygen atoms in total. The Morgan fingerprint density at radius 3 is 2.47 bits per heavy atom. The molecule has 0 radical (unpaired) electrons. The highest BCUT2D eigenvalue weighted by molar-refractivity contribution is 7.90. The number of hydrogen-bond acceptors (Lipinski definition) is 7. The molecule has 226 valence electrons. The number of nitrogens with zero attached hydrogens (tertiary/aromatic N) is 5. The molecule has 1 aromatic rings. The molecule has 0 saturated carbocycles. The number of nitrogens with one attached hydrogen (secondary N) is 1. The number of nitriles is 2. The smallest absolute Gasteiger partial charge is 0.353 e. The SMILES string of the molecule is CC1=C(C#N)[C@@H](c2ccc(C#N)cc2S(C)(=O)=O)N(CC(=O)N2CCNC(=O)C2)C(=O)N1C1C=C(C(F)(F)F)C=CC1C. The minimum absolute atomic E-state index is 0.0123. The highest BCUT2D eigenvalue weighted by Gasteiger charge is 2.46. The molecule has 1 saturated heterocycles. The number of allylic oxidation sites excluding steroid dienone is 3. The van der Waals surface area contributed by atoms with Crippen LogP contribution in [0.4, 0.5) is 18.0 Å². The van der Waals surface area contributed by atoms with Crippen LogP contribution in [0.3, 0.4) is 0 Å². The Kier molecular flexibility index (Phi) is 8.42. The van der Waals surface area contributed by atoms with Crippen molar-refractivity contribution in [2.45, 2.75) is 37.0 Å². The van der Waals surface area contributed by atoms with E-state index < -0.39 is 64.0 Å². The van der Waals surface area contributed by atoms with Gasteiger partial charge in [0.2, 0.25) is 11.8 Å². The van der Waals surface area contributed by atoms with E-state index in [0.29, 0.717) is 0 Å². The van der Waals surface area contributed by atoms with Crippen LogP contribution in [0.2, 0.25) is 0 Å². The van der Waals surface area contributed by atoms with Gasteiger partial charge in [-0.2, -0.15) is 23.7 Å². The first-order chi connectivity index (χ1) is 20.1. The van der Waals surface area contributed by atoms with Gasteiger partial charge in [-0.25, -0.2) is 13.2 Å². The molecule has 0 aromatic heterocycles. The number of carbonyl (C=O) groups excluding carboxylic acids is 3. The standard InChI is InChI=1S/C28H27F3N6O5S/c1-16-4-6-19(28(29,30)31)11-22(16)37-17(2)21(13-33)26(20-7-5-18(12-32)10-23(20)43(3,41)42)36(27(37)40)15-25(39)35-9-8-34-24(38)14-35/h4-7,10-11,16,22,26H,8-9,14-15H2,1-3H3,(H,34,38)/t16?,22?,26-/m1/s1. The largest absolute Gasteiger partial charge is 0.416 e. The maximum absolute atomic E-state index is 14.3. The van der Waals surface area contributed by atoms with Crippen LogP contribution in [-0.2, 0) is 19.4 Å². The molecule has 3 atom stereocenters. The molecule has 0 bridgehead atoms. The van der Waals surface area contributed by atoms with Crippen molar-refractivity contribution in [2.75, 3.05) is 32.4 Å². The van der Waals surface area contributed by atoms with Gasteiger partial charge in [-0.3, -0.25) is 14.5 Å². The molecule has 4 amide bonds. The van der Waals surface area contributed by atoms with Gasteiger partial charge < -0.3 is 15.1 Å². The van der Waals surface area contributed by atoms with Crippen molar-refractivity contribution in [1.29, 1.82) is 10.5 Å². The van der Waals surface area contributed by atoms with Gasteiger partial charge in [-0.15, -0.1) is 0 Å². The number of alkyl halides is 3. The Morgan fingerprint density at radius 1 is 1.19 bits per heavy atom. The van der Waals surface area contributed by atoms with Crippen LogP contribution in [0.1, 0.15) is 31.0 Å². The lowest BCUT2D eigenvalue weighted by Gasteiger charge is -2.46. The summed E-state index contributed by atoms with van der Waals surface area (Å²) in [5.74, 6) is -1.76. The van der Waals surface area contributed by atoms with Crippen LogP contribution in [-0.4, -0.2) is 85.6 Å². The molecule has 3 aliphatic rings. The fourth-order valence-corrected chi connectivity index (χ4v) is 6.31. The van der Waals surface area contributed by atoms with E-state index in [0.717, 1.165) is 34.3 Å². The first kappa shape index (κ1) is 31.3. The fraction of sp³-hybridized carbons (Fsp3) is 0.393. The molecule has 0 spiro atoms. The van der Waals surface area contributed by atoms with Gasteiger partial charge in [0.15, 0.2) is 9.84 Å². The van der Waals surface area contributed by atoms with E-state index in [1.54, 1.807) is 6.92 Å². The predicted molar refractivity (Wildman–Crippen MR) is 145 cm³/mol. The van der Waals surface area contributed by atoms with Gasteiger partial charge in [0.05, 0.1) is 52.4 Å². The highest BCUT2D eigenvalue weighted by atomic mass is 32.2. The molecule has 2 aliphatic heterocycles. The van der Waals surface area contributed by atoms with Gasteiger partial charge in [-0.1, -0.05) is 25.1 Å². The number of sulfone groups is 1. The quantitative estimate of drug-likeness (QED) is 0.533. The minimum Gasteiger partial charge on any atom is -0.353 e. The number of carbonyl (C=O) groups is 3. The van der Waals surface area contributed by atoms with Gasteiger partial charge in [0, 0.05) is 25.0 Å². The van der Waals surface area contributed by atoms with Gasteiger partial charge in [0.1, 0.15) is 6.54 Å². The number of rotatable bonds is 5.